The van der Waals surface area contributed by atoms with Gasteiger partial charge in [-0.2, -0.15) is 0 Å². The van der Waals surface area contributed by atoms with Gasteiger partial charge in [-0.3, -0.25) is 0 Å². The zero-order valence-corrected chi connectivity index (χ0v) is 13.5. The molecule has 0 aromatic heterocycles. The van der Waals surface area contributed by atoms with Crippen molar-refractivity contribution in [1.82, 2.24) is 5.32 Å². The van der Waals surface area contributed by atoms with E-state index in [0.29, 0.717) is 17.1 Å². The maximum absolute atomic E-state index is 14.5. The molecule has 118 valence electrons. The zero-order valence-electron chi connectivity index (χ0n) is 13.5. The standard InChI is InChI=1S/C17H26FNO2/c1-17(8-6-5-7-9-17)16(19-2)12-10-14(20-3)15(21-4)11-13(12)18/h10-11,16,19H,5-9H2,1-4H3. The summed E-state index contributed by atoms with van der Waals surface area (Å²) in [6.07, 6.45) is 5.94. The van der Waals surface area contributed by atoms with Gasteiger partial charge in [-0.05, 0) is 31.4 Å². The van der Waals surface area contributed by atoms with Crippen LogP contribution in [0.1, 0.15) is 50.6 Å². The van der Waals surface area contributed by atoms with E-state index in [2.05, 4.69) is 12.2 Å². The Bertz CT molecular complexity index is 484. The van der Waals surface area contributed by atoms with Crippen LogP contribution >= 0.6 is 0 Å². The van der Waals surface area contributed by atoms with Crippen molar-refractivity contribution in [3.05, 3.63) is 23.5 Å². The second kappa shape index (κ2) is 6.65. The molecule has 1 aliphatic carbocycles. The Hall–Kier alpha value is -1.29. The van der Waals surface area contributed by atoms with E-state index in [1.165, 1.54) is 32.4 Å². The molecule has 1 atom stereocenters. The van der Waals surface area contributed by atoms with Gasteiger partial charge >= 0.3 is 0 Å². The van der Waals surface area contributed by atoms with Crippen molar-refractivity contribution in [2.45, 2.75) is 45.1 Å². The molecule has 0 bridgehead atoms. The average molecular weight is 295 g/mol. The number of hydrogen-bond acceptors (Lipinski definition) is 3. The Morgan fingerprint density at radius 2 is 1.67 bits per heavy atom. The van der Waals surface area contributed by atoms with E-state index < -0.39 is 0 Å². The molecule has 3 nitrogen and oxygen atoms in total. The van der Waals surface area contributed by atoms with Gasteiger partial charge < -0.3 is 14.8 Å². The summed E-state index contributed by atoms with van der Waals surface area (Å²) in [5.41, 5.74) is 0.743. The first-order chi connectivity index (χ1) is 10.1. The predicted molar refractivity (Wildman–Crippen MR) is 82.5 cm³/mol. The molecule has 1 unspecified atom stereocenters. The first kappa shape index (κ1) is 16.1. The molecule has 1 aromatic rings. The molecule has 2 rings (SSSR count). The molecule has 1 saturated carbocycles. The highest BCUT2D eigenvalue weighted by Crippen LogP contribution is 2.47. The van der Waals surface area contributed by atoms with Crippen molar-refractivity contribution in [2.75, 3.05) is 21.3 Å². The largest absolute Gasteiger partial charge is 0.493 e. The first-order valence-corrected chi connectivity index (χ1v) is 7.64. The molecule has 1 N–H and O–H groups in total. The topological polar surface area (TPSA) is 30.5 Å². The van der Waals surface area contributed by atoms with Crippen molar-refractivity contribution in [3.8, 4) is 11.5 Å². The molecular formula is C17H26FNO2. The molecular weight excluding hydrogens is 269 g/mol. The molecule has 0 spiro atoms. The van der Waals surface area contributed by atoms with E-state index in [9.17, 15) is 4.39 Å². The third-order valence-electron chi connectivity index (χ3n) is 4.80. The van der Waals surface area contributed by atoms with Crippen LogP contribution in [0.15, 0.2) is 12.1 Å². The Balaban J connectivity index is 2.42. The number of benzene rings is 1. The minimum absolute atomic E-state index is 0.0161. The van der Waals surface area contributed by atoms with Crippen LogP contribution in [0.4, 0.5) is 4.39 Å². The van der Waals surface area contributed by atoms with Crippen LogP contribution in [0.5, 0.6) is 11.5 Å². The number of halogens is 1. The summed E-state index contributed by atoms with van der Waals surface area (Å²) in [4.78, 5) is 0. The third-order valence-corrected chi connectivity index (χ3v) is 4.80. The number of ether oxygens (including phenoxy) is 2. The van der Waals surface area contributed by atoms with Crippen LogP contribution < -0.4 is 14.8 Å². The van der Waals surface area contributed by atoms with Gasteiger partial charge in [0.05, 0.1) is 14.2 Å². The summed E-state index contributed by atoms with van der Waals surface area (Å²) in [5.74, 6) is 0.773. The van der Waals surface area contributed by atoms with Crippen LogP contribution in [0, 0.1) is 11.2 Å². The molecule has 21 heavy (non-hydrogen) atoms. The number of hydrogen-bond donors (Lipinski definition) is 1. The SMILES string of the molecule is CNC(c1cc(OC)c(OC)cc1F)C1(C)CCCCC1. The first-order valence-electron chi connectivity index (χ1n) is 7.64. The third kappa shape index (κ3) is 3.15. The van der Waals surface area contributed by atoms with Crippen molar-refractivity contribution in [3.63, 3.8) is 0 Å². The number of rotatable bonds is 5. The van der Waals surface area contributed by atoms with E-state index in [0.717, 1.165) is 12.8 Å². The lowest BCUT2D eigenvalue weighted by atomic mass is 9.68. The minimum atomic E-state index is -0.237. The van der Waals surface area contributed by atoms with Crippen molar-refractivity contribution >= 4 is 0 Å². The van der Waals surface area contributed by atoms with Crippen LogP contribution in [0.3, 0.4) is 0 Å². The number of methoxy groups -OCH3 is 2. The molecule has 1 aromatic carbocycles. The lowest BCUT2D eigenvalue weighted by molar-refractivity contribution is 0.147. The van der Waals surface area contributed by atoms with Gasteiger partial charge in [-0.25, -0.2) is 4.39 Å². The Labute approximate surface area is 126 Å². The summed E-state index contributed by atoms with van der Waals surface area (Å²) in [6.45, 7) is 2.25. The summed E-state index contributed by atoms with van der Waals surface area (Å²) in [6, 6.07) is 3.18. The zero-order chi connectivity index (χ0) is 15.5. The monoisotopic (exact) mass is 295 g/mol. The fraction of sp³-hybridized carbons (Fsp3) is 0.647. The van der Waals surface area contributed by atoms with Crippen molar-refractivity contribution < 1.29 is 13.9 Å². The summed E-state index contributed by atoms with van der Waals surface area (Å²) in [5, 5.41) is 3.32. The quantitative estimate of drug-likeness (QED) is 0.888. The van der Waals surface area contributed by atoms with Gasteiger partial charge in [0, 0.05) is 17.7 Å². The Morgan fingerprint density at radius 1 is 1.10 bits per heavy atom. The second-order valence-corrected chi connectivity index (χ2v) is 6.17. The molecule has 1 aliphatic rings. The smallest absolute Gasteiger partial charge is 0.163 e. The second-order valence-electron chi connectivity index (χ2n) is 6.17. The van der Waals surface area contributed by atoms with Crippen molar-refractivity contribution in [1.29, 1.82) is 0 Å². The summed E-state index contributed by atoms with van der Waals surface area (Å²) >= 11 is 0. The van der Waals surface area contributed by atoms with Gasteiger partial charge in [0.1, 0.15) is 5.82 Å². The highest BCUT2D eigenvalue weighted by atomic mass is 19.1. The van der Waals surface area contributed by atoms with Gasteiger partial charge in [0.2, 0.25) is 0 Å². The molecule has 0 aliphatic heterocycles. The predicted octanol–water partition coefficient (Wildman–Crippen LogP) is 4.07. The van der Waals surface area contributed by atoms with E-state index in [-0.39, 0.29) is 17.3 Å². The Kier molecular flexibility index (Phi) is 5.09. The van der Waals surface area contributed by atoms with E-state index in [1.807, 2.05) is 7.05 Å². The van der Waals surface area contributed by atoms with Crippen LogP contribution in [-0.2, 0) is 0 Å². The normalized spacial score (nSPS) is 19.1. The van der Waals surface area contributed by atoms with Gasteiger partial charge in [-0.1, -0.05) is 26.2 Å². The average Bonchev–Trinajstić information content (AvgIpc) is 2.49. The van der Waals surface area contributed by atoms with Gasteiger partial charge in [0.15, 0.2) is 11.5 Å². The van der Waals surface area contributed by atoms with E-state index in [4.69, 9.17) is 9.47 Å². The maximum atomic E-state index is 14.5. The summed E-state index contributed by atoms with van der Waals surface area (Å²) < 4.78 is 25.0. The van der Waals surface area contributed by atoms with Gasteiger partial charge in [0.25, 0.3) is 0 Å². The molecule has 0 heterocycles. The molecule has 0 saturated heterocycles. The highest BCUT2D eigenvalue weighted by Gasteiger charge is 2.37. The fourth-order valence-corrected chi connectivity index (χ4v) is 3.62. The van der Waals surface area contributed by atoms with E-state index >= 15 is 0 Å². The highest BCUT2D eigenvalue weighted by molar-refractivity contribution is 5.45. The Morgan fingerprint density at radius 3 is 2.19 bits per heavy atom. The molecule has 0 amide bonds. The van der Waals surface area contributed by atoms with E-state index in [1.54, 1.807) is 13.2 Å². The molecule has 4 heteroatoms. The summed E-state index contributed by atoms with van der Waals surface area (Å²) in [7, 11) is 5.01. The molecule has 1 fully saturated rings. The lowest BCUT2D eigenvalue weighted by Crippen LogP contribution is -2.36. The minimum Gasteiger partial charge on any atom is -0.493 e. The number of nitrogens with one attached hydrogen (secondary N) is 1. The lowest BCUT2D eigenvalue weighted by Gasteiger charge is -2.41. The fourth-order valence-electron chi connectivity index (χ4n) is 3.62. The molecule has 0 radical (unpaired) electrons. The van der Waals surface area contributed by atoms with Crippen LogP contribution in [0.25, 0.3) is 0 Å². The maximum Gasteiger partial charge on any atom is 0.163 e. The van der Waals surface area contributed by atoms with Crippen LogP contribution in [-0.4, -0.2) is 21.3 Å². The van der Waals surface area contributed by atoms with Gasteiger partial charge in [-0.15, -0.1) is 0 Å². The van der Waals surface area contributed by atoms with Crippen molar-refractivity contribution in [2.24, 2.45) is 5.41 Å². The van der Waals surface area contributed by atoms with Crippen LogP contribution in [0.2, 0.25) is 0 Å².